The van der Waals surface area contributed by atoms with E-state index < -0.39 is 29.1 Å². The molecule has 0 aliphatic heterocycles. The molecule has 0 radical (unpaired) electrons. The zero-order valence-corrected chi connectivity index (χ0v) is 8.33. The zero-order valence-electron chi connectivity index (χ0n) is 8.33. The van der Waals surface area contributed by atoms with Crippen molar-refractivity contribution in [1.29, 1.82) is 0 Å². The van der Waals surface area contributed by atoms with Crippen LogP contribution in [-0.4, -0.2) is 28.3 Å². The summed E-state index contributed by atoms with van der Waals surface area (Å²) in [6.45, 7) is 4.94. The molecule has 0 aromatic carbocycles. The van der Waals surface area contributed by atoms with Crippen LogP contribution >= 0.6 is 0 Å². The van der Waals surface area contributed by atoms with E-state index in [-0.39, 0.29) is 6.42 Å². The number of aliphatic carboxylic acids is 1. The third-order valence-electron chi connectivity index (χ3n) is 1.94. The molecule has 1 aliphatic carbocycles. The molecule has 0 saturated heterocycles. The highest BCUT2D eigenvalue weighted by atomic mass is 19.1. The Kier molecular flexibility index (Phi) is 2.29. The molecule has 0 amide bonds. The number of alkyl halides is 1. The quantitative estimate of drug-likeness (QED) is 0.685. The lowest BCUT2D eigenvalue weighted by molar-refractivity contribution is -0.161. The van der Waals surface area contributed by atoms with Crippen molar-refractivity contribution in [2.75, 3.05) is 0 Å². The van der Waals surface area contributed by atoms with Gasteiger partial charge in [0.15, 0.2) is 0 Å². The molecule has 4 nitrogen and oxygen atoms in total. The Hall–Kier alpha value is -1.13. The summed E-state index contributed by atoms with van der Waals surface area (Å²) >= 11 is 0. The van der Waals surface area contributed by atoms with Gasteiger partial charge in [-0.25, -0.2) is 9.18 Å². The summed E-state index contributed by atoms with van der Waals surface area (Å²) in [5.74, 6) is -3.50. The summed E-state index contributed by atoms with van der Waals surface area (Å²) in [6, 6.07) is 0. The number of hydrogen-bond donors (Lipinski definition) is 1. The second-order valence-corrected chi connectivity index (χ2v) is 4.46. The third kappa shape index (κ3) is 2.02. The second-order valence-electron chi connectivity index (χ2n) is 4.46. The van der Waals surface area contributed by atoms with E-state index in [1.54, 1.807) is 20.8 Å². The molecule has 0 aromatic rings. The van der Waals surface area contributed by atoms with Gasteiger partial charge >= 0.3 is 11.9 Å². The van der Waals surface area contributed by atoms with Crippen LogP contribution in [0.2, 0.25) is 0 Å². The van der Waals surface area contributed by atoms with Gasteiger partial charge in [-0.2, -0.15) is 0 Å². The highest BCUT2D eigenvalue weighted by Crippen LogP contribution is 2.48. The van der Waals surface area contributed by atoms with Gasteiger partial charge in [-0.1, -0.05) is 0 Å². The Morgan fingerprint density at radius 2 is 2.00 bits per heavy atom. The number of carbonyl (C=O) groups excluding carboxylic acids is 1. The van der Waals surface area contributed by atoms with Crippen LogP contribution < -0.4 is 0 Å². The lowest BCUT2D eigenvalue weighted by Crippen LogP contribution is -2.29. The van der Waals surface area contributed by atoms with Crippen molar-refractivity contribution in [3.05, 3.63) is 0 Å². The van der Waals surface area contributed by atoms with Gasteiger partial charge in [-0.05, 0) is 20.8 Å². The van der Waals surface area contributed by atoms with Crippen molar-refractivity contribution in [2.45, 2.75) is 38.5 Å². The molecule has 0 heterocycles. The second kappa shape index (κ2) is 2.93. The molecule has 14 heavy (non-hydrogen) atoms. The number of halogens is 1. The molecule has 1 saturated carbocycles. The monoisotopic (exact) mass is 204 g/mol. The third-order valence-corrected chi connectivity index (χ3v) is 1.94. The van der Waals surface area contributed by atoms with Gasteiger partial charge in [0.05, 0.1) is 0 Å². The van der Waals surface area contributed by atoms with Crippen LogP contribution in [-0.2, 0) is 14.3 Å². The first-order valence-corrected chi connectivity index (χ1v) is 4.32. The molecule has 1 aliphatic rings. The summed E-state index contributed by atoms with van der Waals surface area (Å²) in [4.78, 5) is 21.6. The van der Waals surface area contributed by atoms with E-state index in [2.05, 4.69) is 0 Å². The van der Waals surface area contributed by atoms with Gasteiger partial charge in [0.2, 0.25) is 5.67 Å². The average Bonchev–Trinajstić information content (AvgIpc) is 2.60. The Bertz CT molecular complexity index is 281. The molecule has 1 rings (SSSR count). The molecule has 80 valence electrons. The predicted octanol–water partition coefficient (Wildman–Crippen LogP) is 1.14. The number of ether oxygens (including phenoxy) is 1. The van der Waals surface area contributed by atoms with Crippen molar-refractivity contribution in [1.82, 2.24) is 0 Å². The normalized spacial score (nSPS) is 31.0. The summed E-state index contributed by atoms with van der Waals surface area (Å²) in [5.41, 5.74) is -3.11. The SMILES string of the molecule is CC(C)(C)OC(=O)[C@H]1C[C@@]1(F)C(=O)O. The van der Waals surface area contributed by atoms with E-state index in [0.717, 1.165) is 0 Å². The Morgan fingerprint density at radius 1 is 1.50 bits per heavy atom. The molecule has 0 spiro atoms. The maximum Gasteiger partial charge on any atom is 0.342 e. The summed E-state index contributed by atoms with van der Waals surface area (Å²) in [7, 11) is 0. The largest absolute Gasteiger partial charge is 0.479 e. The van der Waals surface area contributed by atoms with Crippen LogP contribution in [0.15, 0.2) is 0 Å². The maximum atomic E-state index is 13.2. The number of rotatable bonds is 2. The van der Waals surface area contributed by atoms with Gasteiger partial charge in [-0.3, -0.25) is 4.79 Å². The molecule has 1 N–H and O–H groups in total. The van der Waals surface area contributed by atoms with Crippen molar-refractivity contribution >= 4 is 11.9 Å². The van der Waals surface area contributed by atoms with Crippen LogP contribution in [0.4, 0.5) is 4.39 Å². The number of carboxylic acids is 1. The minimum absolute atomic E-state index is 0.281. The standard InChI is InChI=1S/C9H13FO4/c1-8(2,3)14-6(11)5-4-9(5,10)7(12)13/h5H,4H2,1-3H3,(H,12,13)/t5-,9+/m1/s1. The number of carboxylic acid groups (broad SMARTS) is 1. The van der Waals surface area contributed by atoms with Crippen LogP contribution in [0.5, 0.6) is 0 Å². The van der Waals surface area contributed by atoms with E-state index in [1.165, 1.54) is 0 Å². The number of carbonyl (C=O) groups is 2. The van der Waals surface area contributed by atoms with Crippen LogP contribution in [0.3, 0.4) is 0 Å². The Morgan fingerprint density at radius 3 is 2.29 bits per heavy atom. The van der Waals surface area contributed by atoms with Gasteiger partial charge in [0.25, 0.3) is 0 Å². The number of esters is 1. The van der Waals surface area contributed by atoms with Crippen molar-refractivity contribution in [2.24, 2.45) is 5.92 Å². The van der Waals surface area contributed by atoms with Crippen LogP contribution in [0.25, 0.3) is 0 Å². The molecule has 0 unspecified atom stereocenters. The van der Waals surface area contributed by atoms with Gasteiger partial charge in [-0.15, -0.1) is 0 Å². The minimum Gasteiger partial charge on any atom is -0.479 e. The molecular weight excluding hydrogens is 191 g/mol. The molecule has 5 heteroatoms. The van der Waals surface area contributed by atoms with Crippen molar-refractivity contribution in [3.63, 3.8) is 0 Å². The first-order chi connectivity index (χ1) is 6.17. The predicted molar refractivity (Wildman–Crippen MR) is 45.4 cm³/mol. The van der Waals surface area contributed by atoms with E-state index in [0.29, 0.717) is 0 Å². The first kappa shape index (κ1) is 10.9. The first-order valence-electron chi connectivity index (χ1n) is 4.32. The van der Waals surface area contributed by atoms with E-state index in [4.69, 9.17) is 9.84 Å². The smallest absolute Gasteiger partial charge is 0.342 e. The van der Waals surface area contributed by atoms with Crippen LogP contribution in [0, 0.1) is 5.92 Å². The van der Waals surface area contributed by atoms with Crippen LogP contribution in [0.1, 0.15) is 27.2 Å². The Balaban J connectivity index is 2.56. The number of hydrogen-bond acceptors (Lipinski definition) is 3. The average molecular weight is 204 g/mol. The minimum atomic E-state index is -2.40. The summed E-state index contributed by atoms with van der Waals surface area (Å²) in [6.07, 6.45) is -0.281. The molecule has 2 atom stereocenters. The van der Waals surface area contributed by atoms with Crippen molar-refractivity contribution in [3.8, 4) is 0 Å². The molecular formula is C9H13FO4. The molecule has 0 bridgehead atoms. The fourth-order valence-electron chi connectivity index (χ4n) is 1.12. The Labute approximate surface area is 81.0 Å². The zero-order chi connectivity index (χ0) is 11.1. The fraction of sp³-hybridized carbons (Fsp3) is 0.778. The summed E-state index contributed by atoms with van der Waals surface area (Å²) < 4.78 is 18.1. The van der Waals surface area contributed by atoms with E-state index >= 15 is 0 Å². The van der Waals surface area contributed by atoms with Gasteiger partial charge in [0, 0.05) is 6.42 Å². The van der Waals surface area contributed by atoms with Gasteiger partial charge < -0.3 is 9.84 Å². The summed E-state index contributed by atoms with van der Waals surface area (Å²) in [5, 5.41) is 8.45. The van der Waals surface area contributed by atoms with Crippen molar-refractivity contribution < 1.29 is 23.8 Å². The van der Waals surface area contributed by atoms with E-state index in [9.17, 15) is 14.0 Å². The highest BCUT2D eigenvalue weighted by Gasteiger charge is 2.67. The maximum absolute atomic E-state index is 13.2. The fourth-order valence-corrected chi connectivity index (χ4v) is 1.12. The highest BCUT2D eigenvalue weighted by molar-refractivity contribution is 5.92. The lowest BCUT2D eigenvalue weighted by atomic mass is 10.2. The lowest BCUT2D eigenvalue weighted by Gasteiger charge is -2.19. The van der Waals surface area contributed by atoms with Gasteiger partial charge in [0.1, 0.15) is 11.5 Å². The topological polar surface area (TPSA) is 63.6 Å². The van der Waals surface area contributed by atoms with E-state index in [1.807, 2.05) is 0 Å². The molecule has 0 aromatic heterocycles. The molecule has 1 fully saturated rings.